The van der Waals surface area contributed by atoms with Crippen molar-refractivity contribution in [3.05, 3.63) is 5.92 Å². The highest BCUT2D eigenvalue weighted by Crippen LogP contribution is 2.11. The Bertz CT molecular complexity index is 101. The van der Waals surface area contributed by atoms with Gasteiger partial charge in [-0.1, -0.05) is 6.92 Å². The quantitative estimate of drug-likeness (QED) is 0.602. The van der Waals surface area contributed by atoms with E-state index in [1.807, 2.05) is 0 Å². The van der Waals surface area contributed by atoms with Crippen LogP contribution in [0.15, 0.2) is 0 Å². The van der Waals surface area contributed by atoms with Gasteiger partial charge >= 0.3 is 5.97 Å². The Kier molecular flexibility index (Phi) is 4.94. The summed E-state index contributed by atoms with van der Waals surface area (Å²) in [6.07, 6.45) is 1.50. The van der Waals surface area contributed by atoms with E-state index >= 15 is 0 Å². The van der Waals surface area contributed by atoms with Crippen molar-refractivity contribution >= 4 is 5.97 Å². The molecule has 0 fully saturated rings. The molecule has 0 unspecified atom stereocenters. The molecule has 0 amide bonds. The maximum absolute atomic E-state index is 10.1. The summed E-state index contributed by atoms with van der Waals surface area (Å²) in [7, 11) is 0. The fourth-order valence-electron chi connectivity index (χ4n) is 0.727. The molecule has 3 nitrogen and oxygen atoms in total. The molecule has 0 saturated heterocycles. The van der Waals surface area contributed by atoms with E-state index in [-0.39, 0.29) is 13.0 Å². The molecule has 0 saturated carbocycles. The second-order valence-corrected chi connectivity index (χ2v) is 2.35. The molecule has 10 heavy (non-hydrogen) atoms. The summed E-state index contributed by atoms with van der Waals surface area (Å²) in [5.41, 5.74) is 0. The molecular formula is C7H13O3. The maximum Gasteiger partial charge on any atom is 0.303 e. The Morgan fingerprint density at radius 3 is 2.50 bits per heavy atom. The van der Waals surface area contributed by atoms with Crippen molar-refractivity contribution in [3.8, 4) is 0 Å². The minimum atomic E-state index is -0.796. The van der Waals surface area contributed by atoms with Crippen LogP contribution in [0.2, 0.25) is 0 Å². The number of carboxylic acid groups (broad SMARTS) is 1. The van der Waals surface area contributed by atoms with Crippen molar-refractivity contribution in [2.75, 3.05) is 6.61 Å². The van der Waals surface area contributed by atoms with Crippen LogP contribution in [0.5, 0.6) is 0 Å². The summed E-state index contributed by atoms with van der Waals surface area (Å²) in [6.45, 7) is 1.93. The molecule has 0 rings (SSSR count). The highest BCUT2D eigenvalue weighted by molar-refractivity contribution is 5.68. The zero-order chi connectivity index (χ0) is 7.98. The van der Waals surface area contributed by atoms with Crippen molar-refractivity contribution in [2.24, 2.45) is 0 Å². The molecule has 0 bridgehead atoms. The van der Waals surface area contributed by atoms with E-state index < -0.39 is 5.97 Å². The lowest BCUT2D eigenvalue weighted by Gasteiger charge is -2.04. The average Bonchev–Trinajstić information content (AvgIpc) is 1.82. The van der Waals surface area contributed by atoms with E-state index in [4.69, 9.17) is 10.2 Å². The Morgan fingerprint density at radius 1 is 1.50 bits per heavy atom. The third-order valence-electron chi connectivity index (χ3n) is 1.21. The lowest BCUT2D eigenvalue weighted by atomic mass is 10.0. The molecule has 0 heterocycles. The number of aliphatic carboxylic acids is 1. The predicted octanol–water partition coefficient (Wildman–Crippen LogP) is 0.828. The van der Waals surface area contributed by atoms with Crippen LogP contribution >= 0.6 is 0 Å². The fraction of sp³-hybridized carbons (Fsp3) is 0.714. The van der Waals surface area contributed by atoms with E-state index in [0.29, 0.717) is 12.8 Å². The maximum atomic E-state index is 10.1. The second-order valence-electron chi connectivity index (χ2n) is 2.35. The van der Waals surface area contributed by atoms with Gasteiger partial charge in [-0.05, 0) is 18.8 Å². The van der Waals surface area contributed by atoms with E-state index in [2.05, 4.69) is 0 Å². The van der Waals surface area contributed by atoms with Crippen LogP contribution in [0.1, 0.15) is 26.2 Å². The number of rotatable bonds is 5. The van der Waals surface area contributed by atoms with Crippen molar-refractivity contribution in [3.63, 3.8) is 0 Å². The molecule has 0 aromatic rings. The number of hydrogen-bond acceptors (Lipinski definition) is 2. The highest BCUT2D eigenvalue weighted by Gasteiger charge is 2.06. The number of carbonyl (C=O) groups is 1. The standard InChI is InChI=1S/C7H13O3/c1-6(3-2-4-8)5-7(9)10/h8H,2-5H2,1H3,(H,9,10). The lowest BCUT2D eigenvalue weighted by molar-refractivity contribution is -0.136. The Balaban J connectivity index is 3.25. The zero-order valence-electron chi connectivity index (χ0n) is 6.13. The summed E-state index contributed by atoms with van der Waals surface area (Å²) in [4.78, 5) is 10.1. The summed E-state index contributed by atoms with van der Waals surface area (Å²) < 4.78 is 0. The first-order valence-corrected chi connectivity index (χ1v) is 3.30. The van der Waals surface area contributed by atoms with Gasteiger partial charge in [0.05, 0.1) is 6.42 Å². The number of hydrogen-bond donors (Lipinski definition) is 2. The molecule has 0 aromatic heterocycles. The number of aliphatic hydroxyl groups is 1. The SMILES string of the molecule is C[C](CCCO)CC(=O)O. The predicted molar refractivity (Wildman–Crippen MR) is 37.5 cm³/mol. The summed E-state index contributed by atoms with van der Waals surface area (Å²) in [5.74, 6) is 0.122. The Morgan fingerprint density at radius 2 is 2.10 bits per heavy atom. The minimum absolute atomic E-state index is 0.125. The molecule has 59 valence electrons. The van der Waals surface area contributed by atoms with Crippen LogP contribution in [0.25, 0.3) is 0 Å². The van der Waals surface area contributed by atoms with Crippen LogP contribution in [0.4, 0.5) is 0 Å². The third kappa shape index (κ3) is 5.56. The number of aliphatic hydroxyl groups excluding tert-OH is 1. The molecule has 2 N–H and O–H groups in total. The van der Waals surface area contributed by atoms with Crippen LogP contribution in [0, 0.1) is 5.92 Å². The van der Waals surface area contributed by atoms with Crippen LogP contribution in [-0.4, -0.2) is 22.8 Å². The van der Waals surface area contributed by atoms with Crippen molar-refractivity contribution in [1.82, 2.24) is 0 Å². The molecule has 0 atom stereocenters. The van der Waals surface area contributed by atoms with Crippen LogP contribution in [0.3, 0.4) is 0 Å². The monoisotopic (exact) mass is 145 g/mol. The van der Waals surface area contributed by atoms with Gasteiger partial charge in [-0.15, -0.1) is 0 Å². The minimum Gasteiger partial charge on any atom is -0.481 e. The molecule has 0 aliphatic rings. The van der Waals surface area contributed by atoms with E-state index in [1.165, 1.54) is 0 Å². The first kappa shape index (κ1) is 9.43. The van der Waals surface area contributed by atoms with Crippen molar-refractivity contribution in [1.29, 1.82) is 0 Å². The van der Waals surface area contributed by atoms with Gasteiger partial charge in [-0.25, -0.2) is 0 Å². The van der Waals surface area contributed by atoms with Gasteiger partial charge in [-0.3, -0.25) is 4.79 Å². The molecule has 0 spiro atoms. The Hall–Kier alpha value is -0.570. The van der Waals surface area contributed by atoms with Crippen LogP contribution < -0.4 is 0 Å². The van der Waals surface area contributed by atoms with Gasteiger partial charge in [0.15, 0.2) is 0 Å². The summed E-state index contributed by atoms with van der Waals surface area (Å²) >= 11 is 0. The van der Waals surface area contributed by atoms with E-state index in [1.54, 1.807) is 6.92 Å². The van der Waals surface area contributed by atoms with Gasteiger partial charge in [0.25, 0.3) is 0 Å². The first-order valence-electron chi connectivity index (χ1n) is 3.30. The third-order valence-corrected chi connectivity index (χ3v) is 1.21. The average molecular weight is 145 g/mol. The second kappa shape index (κ2) is 5.23. The van der Waals surface area contributed by atoms with Crippen LogP contribution in [-0.2, 0) is 4.79 Å². The molecule has 1 radical (unpaired) electrons. The van der Waals surface area contributed by atoms with Gasteiger partial charge in [-0.2, -0.15) is 0 Å². The smallest absolute Gasteiger partial charge is 0.303 e. The fourth-order valence-corrected chi connectivity index (χ4v) is 0.727. The molecule has 0 aliphatic heterocycles. The Labute approximate surface area is 60.7 Å². The van der Waals surface area contributed by atoms with Crippen molar-refractivity contribution in [2.45, 2.75) is 26.2 Å². The van der Waals surface area contributed by atoms with E-state index in [9.17, 15) is 4.79 Å². The number of carboxylic acids is 1. The van der Waals surface area contributed by atoms with Gasteiger partial charge < -0.3 is 10.2 Å². The molecule has 0 aliphatic carbocycles. The zero-order valence-corrected chi connectivity index (χ0v) is 6.13. The van der Waals surface area contributed by atoms with Gasteiger partial charge in [0, 0.05) is 6.61 Å². The highest BCUT2D eigenvalue weighted by atomic mass is 16.4. The van der Waals surface area contributed by atoms with Crippen molar-refractivity contribution < 1.29 is 15.0 Å². The molecule has 0 aromatic carbocycles. The summed E-state index contributed by atoms with van der Waals surface area (Å²) in [5, 5.41) is 16.7. The largest absolute Gasteiger partial charge is 0.481 e. The lowest BCUT2D eigenvalue weighted by Crippen LogP contribution is -2.02. The summed E-state index contributed by atoms with van der Waals surface area (Å²) in [6, 6.07) is 0. The van der Waals surface area contributed by atoms with Gasteiger partial charge in [0.1, 0.15) is 0 Å². The van der Waals surface area contributed by atoms with Gasteiger partial charge in [0.2, 0.25) is 0 Å². The first-order chi connectivity index (χ1) is 4.66. The normalized spacial score (nSPS) is 10.3. The van der Waals surface area contributed by atoms with E-state index in [0.717, 1.165) is 5.92 Å². The molecule has 3 heteroatoms. The topological polar surface area (TPSA) is 57.5 Å². The molecular weight excluding hydrogens is 132 g/mol.